The second kappa shape index (κ2) is 7.35. The van der Waals surface area contributed by atoms with Crippen LogP contribution in [0.1, 0.15) is 26.2 Å². The van der Waals surface area contributed by atoms with E-state index in [1.165, 1.54) is 21.9 Å². The Bertz CT molecular complexity index is 1060. The van der Waals surface area contributed by atoms with Crippen molar-refractivity contribution in [2.24, 2.45) is 11.8 Å². The van der Waals surface area contributed by atoms with E-state index in [2.05, 4.69) is 39.5 Å². The van der Waals surface area contributed by atoms with Gasteiger partial charge in [0.15, 0.2) is 0 Å². The summed E-state index contributed by atoms with van der Waals surface area (Å²) in [7, 11) is 0. The highest BCUT2D eigenvalue weighted by atomic mass is 32.1. The number of hydrogen-bond donors (Lipinski definition) is 1. The van der Waals surface area contributed by atoms with E-state index in [1.54, 1.807) is 12.1 Å². The Balaban J connectivity index is 1.28. The average Bonchev–Trinajstić information content (AvgIpc) is 3.37. The molecule has 0 spiro atoms. The van der Waals surface area contributed by atoms with Crippen molar-refractivity contribution in [2.75, 3.05) is 18.4 Å². The van der Waals surface area contributed by atoms with Crippen molar-refractivity contribution in [1.29, 1.82) is 0 Å². The van der Waals surface area contributed by atoms with Crippen LogP contribution in [0.5, 0.6) is 0 Å². The summed E-state index contributed by atoms with van der Waals surface area (Å²) in [6, 6.07) is 10.3. The molecule has 2 aromatic heterocycles. The molecule has 8 heteroatoms. The molecule has 2 aliphatic heterocycles. The molecule has 1 aromatic carbocycles. The Morgan fingerprint density at radius 1 is 1.21 bits per heavy atom. The predicted molar refractivity (Wildman–Crippen MR) is 109 cm³/mol. The second-order valence-corrected chi connectivity index (χ2v) is 9.32. The largest absolute Gasteiger partial charge is 0.319 e. The number of amides is 1. The molecule has 3 aromatic rings. The van der Waals surface area contributed by atoms with Gasteiger partial charge in [-0.3, -0.25) is 9.69 Å². The number of carbonyl (C=O) groups excluding carboxylic acids is 1. The molecule has 2 atom stereocenters. The number of carbonyl (C=O) groups is 1. The Morgan fingerprint density at radius 3 is 2.86 bits per heavy atom. The number of rotatable bonds is 4. The first kappa shape index (κ1) is 18.4. The summed E-state index contributed by atoms with van der Waals surface area (Å²) in [5.74, 6) is 1.46. The SMILES string of the molecule is Cc1ccc(CN2CC3Cc4nnc(C(=O)Nc5cccc(F)c5)n4CC3C2)s1. The lowest BCUT2D eigenvalue weighted by Crippen LogP contribution is -2.31. The third kappa shape index (κ3) is 3.70. The summed E-state index contributed by atoms with van der Waals surface area (Å²) in [4.78, 5) is 17.9. The van der Waals surface area contributed by atoms with Gasteiger partial charge >= 0.3 is 0 Å². The molecule has 1 fully saturated rings. The molecule has 0 radical (unpaired) electrons. The molecule has 0 aliphatic carbocycles. The maximum atomic E-state index is 13.4. The highest BCUT2D eigenvalue weighted by Gasteiger charge is 2.39. The van der Waals surface area contributed by atoms with Crippen molar-refractivity contribution in [3.05, 3.63) is 63.6 Å². The summed E-state index contributed by atoms with van der Waals surface area (Å²) >= 11 is 1.86. The van der Waals surface area contributed by atoms with Crippen LogP contribution >= 0.6 is 11.3 Å². The van der Waals surface area contributed by atoms with Crippen molar-refractivity contribution in [1.82, 2.24) is 19.7 Å². The number of fused-ring (bicyclic) bond motifs is 2. The van der Waals surface area contributed by atoms with Crippen LogP contribution in [0.25, 0.3) is 0 Å². The van der Waals surface area contributed by atoms with Gasteiger partial charge in [-0.1, -0.05) is 6.07 Å². The number of benzene rings is 1. The molecule has 5 rings (SSSR count). The van der Waals surface area contributed by atoms with E-state index in [1.807, 2.05) is 15.9 Å². The zero-order valence-corrected chi connectivity index (χ0v) is 17.0. The molecule has 29 heavy (non-hydrogen) atoms. The maximum absolute atomic E-state index is 13.4. The van der Waals surface area contributed by atoms with Crippen LogP contribution in [-0.2, 0) is 19.5 Å². The van der Waals surface area contributed by atoms with Crippen molar-refractivity contribution in [3.63, 3.8) is 0 Å². The second-order valence-electron chi connectivity index (χ2n) is 7.95. The molecule has 0 saturated carbocycles. The smallest absolute Gasteiger partial charge is 0.293 e. The van der Waals surface area contributed by atoms with Gasteiger partial charge < -0.3 is 9.88 Å². The molecular formula is C21H22FN5OS. The van der Waals surface area contributed by atoms with Crippen molar-refractivity contribution in [2.45, 2.75) is 26.4 Å². The first-order valence-corrected chi connectivity index (χ1v) is 10.6. The lowest BCUT2D eigenvalue weighted by atomic mass is 9.89. The molecule has 0 bridgehead atoms. The van der Waals surface area contributed by atoms with Gasteiger partial charge in [0.1, 0.15) is 11.6 Å². The van der Waals surface area contributed by atoms with Crippen LogP contribution in [0.4, 0.5) is 10.1 Å². The highest BCUT2D eigenvalue weighted by molar-refractivity contribution is 7.11. The van der Waals surface area contributed by atoms with Gasteiger partial charge in [-0.2, -0.15) is 0 Å². The third-order valence-electron chi connectivity index (χ3n) is 5.80. The monoisotopic (exact) mass is 411 g/mol. The number of anilines is 1. The van der Waals surface area contributed by atoms with Gasteiger partial charge in [0, 0.05) is 48.0 Å². The summed E-state index contributed by atoms with van der Waals surface area (Å²) in [6.07, 6.45) is 0.838. The highest BCUT2D eigenvalue weighted by Crippen LogP contribution is 2.34. The van der Waals surface area contributed by atoms with Crippen LogP contribution in [0, 0.1) is 24.6 Å². The number of likely N-dealkylation sites (tertiary alicyclic amines) is 1. The molecule has 2 aliphatic rings. The Kier molecular flexibility index (Phi) is 4.67. The zero-order chi connectivity index (χ0) is 20.0. The summed E-state index contributed by atoms with van der Waals surface area (Å²) in [5, 5.41) is 11.1. The van der Waals surface area contributed by atoms with Gasteiger partial charge in [0.2, 0.25) is 5.82 Å². The maximum Gasteiger partial charge on any atom is 0.293 e. The standard InChI is InChI=1S/C21H22FN5OS/c1-13-5-6-18(29-13)12-26-9-14-7-19-24-25-20(27(19)11-15(14)10-26)21(28)23-17-4-2-3-16(22)8-17/h2-6,8,14-15H,7,9-12H2,1H3,(H,23,28). The van der Waals surface area contributed by atoms with Gasteiger partial charge in [-0.25, -0.2) is 4.39 Å². The molecule has 1 saturated heterocycles. The lowest BCUT2D eigenvalue weighted by molar-refractivity contribution is 0.100. The number of halogens is 1. The number of thiophene rings is 1. The molecule has 6 nitrogen and oxygen atoms in total. The van der Waals surface area contributed by atoms with E-state index in [4.69, 9.17) is 0 Å². The number of aromatic nitrogens is 3. The fraction of sp³-hybridized carbons (Fsp3) is 0.381. The minimum absolute atomic E-state index is 0.301. The van der Waals surface area contributed by atoms with Crippen molar-refractivity contribution < 1.29 is 9.18 Å². The van der Waals surface area contributed by atoms with Crippen LogP contribution in [-0.4, -0.2) is 38.7 Å². The Labute approximate surface area is 172 Å². The Morgan fingerprint density at radius 2 is 2.07 bits per heavy atom. The third-order valence-corrected chi connectivity index (χ3v) is 6.79. The molecule has 4 heterocycles. The molecular weight excluding hydrogens is 389 g/mol. The summed E-state index contributed by atoms with van der Waals surface area (Å²) < 4.78 is 15.3. The summed E-state index contributed by atoms with van der Waals surface area (Å²) in [6.45, 7) is 5.95. The first-order valence-electron chi connectivity index (χ1n) is 9.82. The minimum atomic E-state index is -0.388. The van der Waals surface area contributed by atoms with E-state index in [0.29, 0.717) is 23.3 Å². The van der Waals surface area contributed by atoms with Crippen LogP contribution in [0.15, 0.2) is 36.4 Å². The van der Waals surface area contributed by atoms with Gasteiger partial charge in [0.25, 0.3) is 5.91 Å². The fourth-order valence-corrected chi connectivity index (χ4v) is 5.39. The van der Waals surface area contributed by atoms with Crippen molar-refractivity contribution in [3.8, 4) is 0 Å². The lowest BCUT2D eigenvalue weighted by Gasteiger charge is -2.25. The number of nitrogens with zero attached hydrogens (tertiary/aromatic N) is 4. The Hall–Kier alpha value is -2.58. The first-order chi connectivity index (χ1) is 14.0. The summed E-state index contributed by atoms with van der Waals surface area (Å²) in [5.41, 5.74) is 0.416. The molecule has 150 valence electrons. The van der Waals surface area contributed by atoms with Crippen LogP contribution in [0.3, 0.4) is 0 Å². The van der Waals surface area contributed by atoms with Gasteiger partial charge in [0.05, 0.1) is 0 Å². The van der Waals surface area contributed by atoms with Crippen LogP contribution < -0.4 is 5.32 Å². The average molecular weight is 412 g/mol. The van der Waals surface area contributed by atoms with Crippen LogP contribution in [0.2, 0.25) is 0 Å². The van der Waals surface area contributed by atoms with Crippen molar-refractivity contribution >= 4 is 22.9 Å². The normalized spacial score (nSPS) is 21.0. The zero-order valence-electron chi connectivity index (χ0n) is 16.1. The quantitative estimate of drug-likeness (QED) is 0.715. The number of aryl methyl sites for hydroxylation is 1. The van der Waals surface area contributed by atoms with E-state index < -0.39 is 0 Å². The number of nitrogens with one attached hydrogen (secondary N) is 1. The van der Waals surface area contributed by atoms with E-state index in [0.717, 1.165) is 38.4 Å². The topological polar surface area (TPSA) is 63.1 Å². The van der Waals surface area contributed by atoms with E-state index in [9.17, 15) is 9.18 Å². The van der Waals surface area contributed by atoms with Gasteiger partial charge in [-0.05, 0) is 49.1 Å². The van der Waals surface area contributed by atoms with Gasteiger partial charge in [-0.15, -0.1) is 21.5 Å². The van der Waals surface area contributed by atoms with E-state index in [-0.39, 0.29) is 11.7 Å². The molecule has 1 amide bonds. The predicted octanol–water partition coefficient (Wildman–Crippen LogP) is 3.34. The minimum Gasteiger partial charge on any atom is -0.319 e. The fourth-order valence-electron chi connectivity index (χ4n) is 4.46. The molecule has 2 unspecified atom stereocenters. The number of hydrogen-bond acceptors (Lipinski definition) is 5. The molecule has 1 N–H and O–H groups in total. The van der Waals surface area contributed by atoms with E-state index >= 15 is 0 Å².